The molecule has 7 N–H and O–H groups in total. The van der Waals surface area contributed by atoms with Gasteiger partial charge < -0.3 is 32.3 Å². The molecule has 0 bridgehead atoms. The van der Waals surface area contributed by atoms with Gasteiger partial charge in [0.05, 0.1) is 18.1 Å². The number of ether oxygens (including phenoxy) is 1. The van der Waals surface area contributed by atoms with E-state index < -0.39 is 23.4 Å². The maximum Gasteiger partial charge on any atom is 0.311 e. The summed E-state index contributed by atoms with van der Waals surface area (Å²) in [5.74, 6) is 4.02. The number of nitrogens with one attached hydrogen (secondary N) is 1. The Labute approximate surface area is 249 Å². The summed E-state index contributed by atoms with van der Waals surface area (Å²) >= 11 is 0. The number of aryl methyl sites for hydroxylation is 2. The topological polar surface area (TPSA) is 166 Å². The minimum Gasteiger partial charge on any atom is -0.466 e. The number of nitrogens with two attached hydrogens (primary N) is 3. The number of carbonyl (C=O) groups excluding carboxylic acids is 3. The number of likely N-dealkylation sites (tertiary alicyclic amines) is 1. The van der Waals surface area contributed by atoms with Crippen LogP contribution in [0.2, 0.25) is 0 Å². The molecule has 0 aliphatic carbocycles. The average molecular weight is 579 g/mol. The molecule has 42 heavy (non-hydrogen) atoms. The second-order valence-electron chi connectivity index (χ2n) is 11.5. The number of nitrogens with zero attached hydrogens (tertiary/aromatic N) is 2. The SMILES string of the molecule is CCOC(=O)C1CN(C(=O)[C@@H](CCCc2ccccc2)NC(=O)C(C)(C)N)CCC1c1ccccc1CC/C(N)=N/N. The summed E-state index contributed by atoms with van der Waals surface area (Å²) < 4.78 is 5.48. The first-order valence-corrected chi connectivity index (χ1v) is 14.7. The van der Waals surface area contributed by atoms with E-state index in [-0.39, 0.29) is 30.9 Å². The predicted octanol–water partition coefficient (Wildman–Crippen LogP) is 2.59. The van der Waals surface area contributed by atoms with Crippen LogP contribution in [0.25, 0.3) is 0 Å². The van der Waals surface area contributed by atoms with Crippen molar-refractivity contribution >= 4 is 23.6 Å². The molecule has 2 unspecified atom stereocenters. The van der Waals surface area contributed by atoms with Crippen molar-refractivity contribution in [1.29, 1.82) is 0 Å². The minimum atomic E-state index is -1.14. The molecule has 10 nitrogen and oxygen atoms in total. The van der Waals surface area contributed by atoms with Crippen LogP contribution in [0.4, 0.5) is 0 Å². The van der Waals surface area contributed by atoms with E-state index in [0.717, 1.165) is 23.1 Å². The van der Waals surface area contributed by atoms with Gasteiger partial charge in [-0.1, -0.05) is 54.6 Å². The van der Waals surface area contributed by atoms with E-state index in [1.807, 2.05) is 54.6 Å². The van der Waals surface area contributed by atoms with Gasteiger partial charge in [-0.15, -0.1) is 0 Å². The zero-order chi connectivity index (χ0) is 30.7. The van der Waals surface area contributed by atoms with Gasteiger partial charge in [-0.05, 0) is 69.6 Å². The van der Waals surface area contributed by atoms with E-state index in [1.165, 1.54) is 0 Å². The van der Waals surface area contributed by atoms with Crippen LogP contribution in [-0.2, 0) is 32.0 Å². The standard InChI is InChI=1S/C32H46N6O4/c1-4-42-30(40)26-21-38(20-19-25(26)24-15-9-8-14-23(24)17-18-28(33)37-35)29(39)27(36-31(41)32(2,3)34)16-10-13-22-11-6-5-7-12-22/h5-9,11-12,14-15,25-27H,4,10,13,16-21,34-35H2,1-3H3,(H2,33,37)(H,36,41)/t25?,26?,27-/m1/s1. The Morgan fingerprint density at radius 2 is 1.79 bits per heavy atom. The third-order valence-electron chi connectivity index (χ3n) is 7.77. The Bertz CT molecular complexity index is 1230. The summed E-state index contributed by atoms with van der Waals surface area (Å²) in [6, 6.07) is 17.2. The minimum absolute atomic E-state index is 0.144. The number of hydrogen-bond acceptors (Lipinski definition) is 7. The zero-order valence-electron chi connectivity index (χ0n) is 25.1. The molecule has 1 fully saturated rings. The average Bonchev–Trinajstić information content (AvgIpc) is 2.99. The molecule has 1 heterocycles. The van der Waals surface area contributed by atoms with Crippen molar-refractivity contribution in [3.63, 3.8) is 0 Å². The molecule has 0 spiro atoms. The normalized spacial score (nSPS) is 18.3. The Hall–Kier alpha value is -3.92. The summed E-state index contributed by atoms with van der Waals surface area (Å²) in [6.07, 6.45) is 3.62. The molecule has 10 heteroatoms. The van der Waals surface area contributed by atoms with E-state index in [4.69, 9.17) is 22.0 Å². The van der Waals surface area contributed by atoms with Crippen LogP contribution in [0.1, 0.15) is 69.1 Å². The molecule has 0 radical (unpaired) electrons. The fourth-order valence-corrected chi connectivity index (χ4v) is 5.44. The Morgan fingerprint density at radius 1 is 1.10 bits per heavy atom. The van der Waals surface area contributed by atoms with Gasteiger partial charge in [-0.3, -0.25) is 14.4 Å². The Kier molecular flexibility index (Phi) is 11.9. The van der Waals surface area contributed by atoms with E-state index in [1.54, 1.807) is 25.7 Å². The monoisotopic (exact) mass is 578 g/mol. The highest BCUT2D eigenvalue weighted by Gasteiger charge is 2.40. The molecule has 1 aliphatic heterocycles. The highest BCUT2D eigenvalue weighted by atomic mass is 16.5. The molecule has 1 saturated heterocycles. The maximum absolute atomic E-state index is 13.9. The number of carbonyl (C=O) groups is 3. The molecule has 2 aromatic rings. The molecular weight excluding hydrogens is 532 g/mol. The number of rotatable bonds is 13. The predicted molar refractivity (Wildman–Crippen MR) is 164 cm³/mol. The van der Waals surface area contributed by atoms with Crippen LogP contribution in [0, 0.1) is 5.92 Å². The third-order valence-corrected chi connectivity index (χ3v) is 7.77. The summed E-state index contributed by atoms with van der Waals surface area (Å²) in [6.45, 7) is 5.87. The van der Waals surface area contributed by atoms with Crippen LogP contribution in [-0.4, -0.2) is 59.8 Å². The van der Waals surface area contributed by atoms with Crippen molar-refractivity contribution in [1.82, 2.24) is 10.2 Å². The highest BCUT2D eigenvalue weighted by Crippen LogP contribution is 2.36. The lowest BCUT2D eigenvalue weighted by Gasteiger charge is -2.40. The molecule has 2 amide bonds. The molecule has 228 valence electrons. The summed E-state index contributed by atoms with van der Waals surface area (Å²) in [5.41, 5.74) is 14.0. The second-order valence-corrected chi connectivity index (χ2v) is 11.5. The van der Waals surface area contributed by atoms with E-state index in [2.05, 4.69) is 10.4 Å². The molecule has 0 saturated carbocycles. The fraction of sp³-hybridized carbons (Fsp3) is 0.500. The van der Waals surface area contributed by atoms with Gasteiger partial charge >= 0.3 is 5.97 Å². The van der Waals surface area contributed by atoms with Crippen molar-refractivity contribution in [2.45, 2.75) is 76.8 Å². The van der Waals surface area contributed by atoms with Crippen molar-refractivity contribution in [2.75, 3.05) is 19.7 Å². The quantitative estimate of drug-likeness (QED) is 0.0932. The molecule has 3 atom stereocenters. The number of benzene rings is 2. The van der Waals surface area contributed by atoms with Gasteiger partial charge in [0.15, 0.2) is 0 Å². The molecule has 2 aromatic carbocycles. The Balaban J connectivity index is 1.82. The van der Waals surface area contributed by atoms with Gasteiger partial charge in [-0.25, -0.2) is 0 Å². The van der Waals surface area contributed by atoms with E-state index in [9.17, 15) is 14.4 Å². The molecule has 1 aliphatic rings. The van der Waals surface area contributed by atoms with Gasteiger partial charge in [0.25, 0.3) is 0 Å². The van der Waals surface area contributed by atoms with Gasteiger partial charge in [-0.2, -0.15) is 5.10 Å². The number of piperidine rings is 1. The largest absolute Gasteiger partial charge is 0.466 e. The van der Waals surface area contributed by atoms with Crippen molar-refractivity contribution in [3.8, 4) is 0 Å². The van der Waals surface area contributed by atoms with Crippen LogP contribution in [0.5, 0.6) is 0 Å². The third kappa shape index (κ3) is 9.04. The van der Waals surface area contributed by atoms with E-state index in [0.29, 0.717) is 44.5 Å². The number of hydrogen-bond donors (Lipinski definition) is 4. The van der Waals surface area contributed by atoms with Gasteiger partial charge in [0, 0.05) is 25.4 Å². The van der Waals surface area contributed by atoms with Crippen LogP contribution >= 0.6 is 0 Å². The smallest absolute Gasteiger partial charge is 0.311 e. The number of amidine groups is 1. The maximum atomic E-state index is 13.9. The lowest BCUT2D eigenvalue weighted by molar-refractivity contribution is -0.153. The van der Waals surface area contributed by atoms with Crippen molar-refractivity contribution in [2.24, 2.45) is 28.3 Å². The fourth-order valence-electron chi connectivity index (χ4n) is 5.44. The first kappa shape index (κ1) is 32.6. The lowest BCUT2D eigenvalue weighted by atomic mass is 9.77. The summed E-state index contributed by atoms with van der Waals surface area (Å²) in [4.78, 5) is 41.8. The number of amides is 2. The van der Waals surface area contributed by atoms with E-state index >= 15 is 0 Å². The van der Waals surface area contributed by atoms with Crippen LogP contribution < -0.4 is 22.6 Å². The number of esters is 1. The number of hydrazone groups is 1. The molecule has 3 rings (SSSR count). The van der Waals surface area contributed by atoms with Crippen LogP contribution in [0.15, 0.2) is 59.7 Å². The second kappa shape index (κ2) is 15.3. The van der Waals surface area contributed by atoms with Crippen molar-refractivity contribution in [3.05, 3.63) is 71.3 Å². The zero-order valence-corrected chi connectivity index (χ0v) is 25.1. The van der Waals surface area contributed by atoms with Crippen molar-refractivity contribution < 1.29 is 19.1 Å². The van der Waals surface area contributed by atoms with Gasteiger partial charge in [0.2, 0.25) is 11.8 Å². The summed E-state index contributed by atoms with van der Waals surface area (Å²) in [7, 11) is 0. The first-order chi connectivity index (χ1) is 20.0. The Morgan fingerprint density at radius 3 is 2.45 bits per heavy atom. The van der Waals surface area contributed by atoms with Gasteiger partial charge in [0.1, 0.15) is 11.9 Å². The molecular formula is C32H46N6O4. The highest BCUT2D eigenvalue weighted by molar-refractivity contribution is 5.91. The summed E-state index contributed by atoms with van der Waals surface area (Å²) in [5, 5.41) is 6.46. The lowest BCUT2D eigenvalue weighted by Crippen LogP contribution is -2.58. The first-order valence-electron chi connectivity index (χ1n) is 14.7. The molecule has 0 aromatic heterocycles. The van der Waals surface area contributed by atoms with Crippen LogP contribution in [0.3, 0.4) is 0 Å².